The summed E-state index contributed by atoms with van der Waals surface area (Å²) in [6.07, 6.45) is 3.28. The molecule has 1 heterocycles. The lowest BCUT2D eigenvalue weighted by Gasteiger charge is -2.34. The molecule has 1 fully saturated rings. The van der Waals surface area contributed by atoms with E-state index in [0.29, 0.717) is 26.4 Å². The summed E-state index contributed by atoms with van der Waals surface area (Å²) >= 11 is 0. The molecule has 108 heavy (non-hydrogen) atoms. The molecular formula is C100H92N4O4. The molecule has 16 aromatic rings. The van der Waals surface area contributed by atoms with Crippen molar-refractivity contribution < 1.29 is 18.9 Å². The third-order valence-electron chi connectivity index (χ3n) is 22.3. The maximum Gasteiger partial charge on any atom is 0.119 e. The van der Waals surface area contributed by atoms with E-state index >= 15 is 0 Å². The van der Waals surface area contributed by atoms with Crippen molar-refractivity contribution in [2.75, 3.05) is 78.8 Å². The number of hydrogen-bond acceptors (Lipinski definition) is 8. The van der Waals surface area contributed by atoms with Crippen molar-refractivity contribution in [2.24, 2.45) is 0 Å². The molecule has 0 bridgehead atoms. The largest absolute Gasteiger partial charge is 0.493 e. The van der Waals surface area contributed by atoms with Crippen molar-refractivity contribution in [2.45, 2.75) is 51.9 Å². The highest BCUT2D eigenvalue weighted by molar-refractivity contribution is 6.05. The maximum absolute atomic E-state index is 6.58. The Morgan fingerprint density at radius 2 is 0.343 bits per heavy atom. The first kappa shape index (κ1) is 69.7. The molecular weight excluding hydrogens is 1320 g/mol. The van der Waals surface area contributed by atoms with E-state index < -0.39 is 0 Å². The predicted octanol–water partition coefficient (Wildman–Crippen LogP) is 21.7. The van der Waals surface area contributed by atoms with Gasteiger partial charge in [-0.05, 0) is 203 Å². The first-order valence-electron chi connectivity index (χ1n) is 38.8. The summed E-state index contributed by atoms with van der Waals surface area (Å²) in [4.78, 5) is 10.7. The summed E-state index contributed by atoms with van der Waals surface area (Å²) in [6.45, 7) is 13.0. The lowest BCUT2D eigenvalue weighted by Crippen LogP contribution is -2.45. The first-order chi connectivity index (χ1) is 53.5. The number of fused-ring (bicyclic) bond motifs is 8. The van der Waals surface area contributed by atoms with Gasteiger partial charge in [0, 0.05) is 104 Å². The van der Waals surface area contributed by atoms with Crippen molar-refractivity contribution >= 4 is 86.2 Å². The number of rotatable bonds is 24. The molecule has 0 radical (unpaired) electrons. The molecule has 0 aromatic heterocycles. The van der Waals surface area contributed by atoms with Crippen LogP contribution < -0.4 is 18.9 Å². The zero-order valence-corrected chi connectivity index (χ0v) is 61.6. The lowest BCUT2D eigenvalue weighted by molar-refractivity contribution is 0.122. The van der Waals surface area contributed by atoms with Gasteiger partial charge in [0.15, 0.2) is 0 Å². The molecule has 16 aromatic carbocycles. The monoisotopic (exact) mass is 1410 g/mol. The van der Waals surface area contributed by atoms with Gasteiger partial charge in [-0.3, -0.25) is 19.6 Å². The van der Waals surface area contributed by atoms with Crippen LogP contribution in [0.3, 0.4) is 0 Å². The van der Waals surface area contributed by atoms with Gasteiger partial charge in [-0.2, -0.15) is 0 Å². The predicted molar refractivity (Wildman–Crippen MR) is 449 cm³/mol. The van der Waals surface area contributed by atoms with Crippen molar-refractivity contribution in [1.29, 1.82) is 0 Å². The summed E-state index contributed by atoms with van der Waals surface area (Å²) in [5, 5.41) is 20.5. The quantitative estimate of drug-likeness (QED) is 0.0555. The van der Waals surface area contributed by atoms with E-state index in [9.17, 15) is 0 Å². The SMILES string of the molecule is c1ccc2c(CCOc3ccc(CN4CCN(Cc5ccc(OCCc6c7ccccc7cc7ccccc67)cc5)CCN(Cc5ccc(OCCc6c7ccccc7cc7ccccc67)cc5)CCN(Cc5ccc(OCCc6c7ccccc7cc7ccccc67)cc5)CC4)cc3)c3ccccc3cc2c1. The molecule has 0 spiro atoms. The smallest absolute Gasteiger partial charge is 0.119 e. The number of ether oxygens (including phenoxy) is 4. The van der Waals surface area contributed by atoms with Gasteiger partial charge in [0.25, 0.3) is 0 Å². The standard InChI is InChI=1S/C100H92N4O4/c1-9-25-89-77(17-1)65-78-18-2-10-26-90(78)97(89)49-61-105-85-41-33-73(34-42-85)69-101-53-55-102(70-74-35-43-86(44-36-74)106-62-50-98-91-27-11-3-19-79(91)66-80-20-4-12-28-92(80)98)57-59-104(72-76-39-47-88(48-40-76)108-64-52-100-95-31-15-7-23-83(95)68-84-24-8-16-32-96(84)100)60-58-103(56-54-101)71-75-37-45-87(46-38-75)107-63-51-99-93-29-13-5-21-81(93)67-82-22-6-14-30-94(82)99/h1-48,65-68H,49-64,69-72H2. The Morgan fingerprint density at radius 1 is 0.185 bits per heavy atom. The minimum absolute atomic E-state index is 0.595. The molecule has 1 aliphatic heterocycles. The highest BCUT2D eigenvalue weighted by atomic mass is 16.5. The second-order valence-electron chi connectivity index (χ2n) is 29.3. The van der Waals surface area contributed by atoms with Crippen LogP contribution in [0.25, 0.3) is 86.2 Å². The summed E-state index contributed by atoms with van der Waals surface area (Å²) < 4.78 is 26.3. The summed E-state index contributed by atoms with van der Waals surface area (Å²) in [7, 11) is 0. The molecule has 0 amide bonds. The lowest BCUT2D eigenvalue weighted by atomic mass is 9.95. The van der Waals surface area contributed by atoms with E-state index in [1.807, 2.05) is 0 Å². The number of benzene rings is 16. The van der Waals surface area contributed by atoms with Gasteiger partial charge in [-0.15, -0.1) is 0 Å². The average Bonchev–Trinajstić information content (AvgIpc) is 0.795. The van der Waals surface area contributed by atoms with Crippen LogP contribution >= 0.6 is 0 Å². The molecule has 536 valence electrons. The average molecular weight is 1410 g/mol. The van der Waals surface area contributed by atoms with Crippen LogP contribution in [0.15, 0.2) is 315 Å². The topological polar surface area (TPSA) is 49.9 Å². The van der Waals surface area contributed by atoms with Crippen molar-refractivity contribution in [3.05, 3.63) is 360 Å². The molecule has 0 saturated carbocycles. The molecule has 0 atom stereocenters. The zero-order valence-electron chi connectivity index (χ0n) is 61.6. The second-order valence-corrected chi connectivity index (χ2v) is 29.3. The first-order valence-corrected chi connectivity index (χ1v) is 38.8. The molecule has 17 rings (SSSR count). The highest BCUT2D eigenvalue weighted by Crippen LogP contribution is 2.35. The van der Waals surface area contributed by atoms with Gasteiger partial charge >= 0.3 is 0 Å². The summed E-state index contributed by atoms with van der Waals surface area (Å²) in [5.41, 5.74) is 10.5. The van der Waals surface area contributed by atoms with E-state index in [-0.39, 0.29) is 0 Å². The van der Waals surface area contributed by atoms with Gasteiger partial charge in [-0.25, -0.2) is 0 Å². The maximum atomic E-state index is 6.58. The Labute approximate surface area is 634 Å². The van der Waals surface area contributed by atoms with Crippen LogP contribution in [0.4, 0.5) is 0 Å². The fraction of sp³-hybridized carbons (Fsp3) is 0.200. The number of hydrogen-bond donors (Lipinski definition) is 0. The zero-order chi connectivity index (χ0) is 72.2. The third kappa shape index (κ3) is 16.4. The Hall–Kier alpha value is -11.4. The van der Waals surface area contributed by atoms with Crippen molar-refractivity contribution in [3.8, 4) is 23.0 Å². The Bertz CT molecular complexity index is 4820. The highest BCUT2D eigenvalue weighted by Gasteiger charge is 2.21. The molecule has 8 nitrogen and oxygen atoms in total. The van der Waals surface area contributed by atoms with Crippen LogP contribution in [0, 0.1) is 0 Å². The summed E-state index contributed by atoms with van der Waals surface area (Å²) in [6, 6.07) is 115. The Balaban J connectivity index is 0.607. The Morgan fingerprint density at radius 3 is 0.509 bits per heavy atom. The minimum Gasteiger partial charge on any atom is -0.493 e. The molecule has 1 saturated heterocycles. The van der Waals surface area contributed by atoms with Gasteiger partial charge in [0.1, 0.15) is 23.0 Å². The van der Waals surface area contributed by atoms with E-state index in [1.165, 1.54) is 131 Å². The fourth-order valence-corrected chi connectivity index (χ4v) is 16.6. The van der Waals surface area contributed by atoms with Crippen LogP contribution in [0.2, 0.25) is 0 Å². The van der Waals surface area contributed by atoms with Crippen LogP contribution in [0.1, 0.15) is 44.5 Å². The van der Waals surface area contributed by atoms with E-state index in [1.54, 1.807) is 0 Å². The Kier molecular flexibility index (Phi) is 21.4. The number of nitrogens with zero attached hydrogens (tertiary/aromatic N) is 4. The minimum atomic E-state index is 0.595. The van der Waals surface area contributed by atoms with E-state index in [4.69, 9.17) is 18.9 Å². The third-order valence-corrected chi connectivity index (χ3v) is 22.3. The molecule has 0 N–H and O–H groups in total. The normalized spacial score (nSPS) is 13.9. The van der Waals surface area contributed by atoms with Crippen LogP contribution in [-0.4, -0.2) is 98.4 Å². The summed E-state index contributed by atoms with van der Waals surface area (Å²) in [5.74, 6) is 3.59. The molecule has 8 heteroatoms. The van der Waals surface area contributed by atoms with Crippen molar-refractivity contribution in [1.82, 2.24) is 19.6 Å². The molecule has 1 aliphatic rings. The van der Waals surface area contributed by atoms with Gasteiger partial charge in [-0.1, -0.05) is 243 Å². The van der Waals surface area contributed by atoms with Gasteiger partial charge < -0.3 is 18.9 Å². The fourth-order valence-electron chi connectivity index (χ4n) is 16.6. The van der Waals surface area contributed by atoms with Crippen molar-refractivity contribution in [3.63, 3.8) is 0 Å². The van der Waals surface area contributed by atoms with Gasteiger partial charge in [0.2, 0.25) is 0 Å². The second kappa shape index (κ2) is 33.2. The molecule has 0 unspecified atom stereocenters. The van der Waals surface area contributed by atoms with Crippen LogP contribution in [-0.2, 0) is 51.9 Å². The van der Waals surface area contributed by atoms with E-state index in [0.717, 1.165) is 127 Å². The van der Waals surface area contributed by atoms with Gasteiger partial charge in [0.05, 0.1) is 26.4 Å². The molecule has 0 aliphatic carbocycles. The van der Waals surface area contributed by atoms with Crippen LogP contribution in [0.5, 0.6) is 23.0 Å². The van der Waals surface area contributed by atoms with E-state index in [2.05, 4.69) is 335 Å².